The summed E-state index contributed by atoms with van der Waals surface area (Å²) in [7, 11) is 0. The number of nitrogens with one attached hydrogen (secondary N) is 2. The Balaban J connectivity index is 2.12. The van der Waals surface area contributed by atoms with E-state index in [1.807, 2.05) is 0 Å². The van der Waals surface area contributed by atoms with Gasteiger partial charge in [-0.05, 0) is 19.4 Å². The van der Waals surface area contributed by atoms with Crippen LogP contribution in [0.15, 0.2) is 12.1 Å². The lowest BCUT2D eigenvalue weighted by Crippen LogP contribution is -2.35. The van der Waals surface area contributed by atoms with Gasteiger partial charge >= 0.3 is 0 Å². The van der Waals surface area contributed by atoms with E-state index in [-0.39, 0.29) is 5.69 Å². The summed E-state index contributed by atoms with van der Waals surface area (Å²) in [5, 5.41) is 5.16. The van der Waals surface area contributed by atoms with Gasteiger partial charge in [0.05, 0.1) is 11.7 Å². The molecule has 1 aromatic rings. The third-order valence-corrected chi connectivity index (χ3v) is 2.64. The van der Waals surface area contributed by atoms with Crippen molar-refractivity contribution in [2.45, 2.75) is 18.9 Å². The van der Waals surface area contributed by atoms with E-state index in [1.54, 1.807) is 0 Å². The molecular weight excluding hydrogens is 233 g/mol. The summed E-state index contributed by atoms with van der Waals surface area (Å²) in [5.41, 5.74) is -0.345. The van der Waals surface area contributed by atoms with E-state index in [1.165, 1.54) is 0 Å². The molecule has 1 amide bonds. The van der Waals surface area contributed by atoms with Crippen molar-refractivity contribution in [1.29, 1.82) is 0 Å². The fourth-order valence-electron chi connectivity index (χ4n) is 1.75. The summed E-state index contributed by atoms with van der Waals surface area (Å²) in [6.45, 7) is 0.721. The molecule has 1 atom stereocenters. The third-order valence-electron chi connectivity index (χ3n) is 2.64. The highest BCUT2D eigenvalue weighted by atomic mass is 19.2. The Hall–Kier alpha value is -1.56. The molecule has 0 aromatic heterocycles. The first-order valence-electron chi connectivity index (χ1n) is 5.26. The van der Waals surface area contributed by atoms with Crippen LogP contribution in [-0.4, -0.2) is 18.5 Å². The first kappa shape index (κ1) is 11.9. The normalized spacial score (nSPS) is 19.4. The molecule has 0 unspecified atom stereocenters. The molecular formula is C11H11F3N2O. The Labute approximate surface area is 96.0 Å². The lowest BCUT2D eigenvalue weighted by molar-refractivity contribution is -0.117. The van der Waals surface area contributed by atoms with Gasteiger partial charge in [0, 0.05) is 12.1 Å². The predicted molar refractivity (Wildman–Crippen MR) is 56.0 cm³/mol. The van der Waals surface area contributed by atoms with Crippen molar-refractivity contribution in [3.8, 4) is 0 Å². The Bertz CT molecular complexity index is 445. The minimum atomic E-state index is -1.28. The third kappa shape index (κ3) is 2.58. The van der Waals surface area contributed by atoms with Crippen LogP contribution in [0.1, 0.15) is 12.8 Å². The second-order valence-electron chi connectivity index (χ2n) is 3.88. The van der Waals surface area contributed by atoms with Crippen molar-refractivity contribution in [3.05, 3.63) is 29.6 Å². The maximum atomic E-state index is 13.2. The van der Waals surface area contributed by atoms with Gasteiger partial charge in [-0.2, -0.15) is 0 Å². The highest BCUT2D eigenvalue weighted by Gasteiger charge is 2.23. The number of rotatable bonds is 2. The monoisotopic (exact) mass is 244 g/mol. The fourth-order valence-corrected chi connectivity index (χ4v) is 1.75. The second-order valence-corrected chi connectivity index (χ2v) is 3.88. The highest BCUT2D eigenvalue weighted by Crippen LogP contribution is 2.19. The van der Waals surface area contributed by atoms with Crippen molar-refractivity contribution in [2.75, 3.05) is 11.9 Å². The Morgan fingerprint density at radius 3 is 2.59 bits per heavy atom. The van der Waals surface area contributed by atoms with E-state index in [0.717, 1.165) is 13.0 Å². The summed E-state index contributed by atoms with van der Waals surface area (Å²) >= 11 is 0. The van der Waals surface area contributed by atoms with Gasteiger partial charge in [0.2, 0.25) is 5.91 Å². The first-order valence-corrected chi connectivity index (χ1v) is 5.26. The predicted octanol–water partition coefficient (Wildman–Crippen LogP) is 1.79. The largest absolute Gasteiger partial charge is 0.322 e. The molecule has 0 bridgehead atoms. The molecule has 0 spiro atoms. The molecule has 17 heavy (non-hydrogen) atoms. The van der Waals surface area contributed by atoms with Crippen LogP contribution in [0.4, 0.5) is 18.9 Å². The number of halogens is 3. The van der Waals surface area contributed by atoms with Crippen LogP contribution in [0.5, 0.6) is 0 Å². The molecule has 1 aliphatic heterocycles. The number of carbonyl (C=O) groups is 1. The minimum Gasteiger partial charge on any atom is -0.322 e. The molecule has 0 saturated carbocycles. The van der Waals surface area contributed by atoms with E-state index in [4.69, 9.17) is 0 Å². The molecule has 2 rings (SSSR count). The Morgan fingerprint density at radius 2 is 1.94 bits per heavy atom. The molecule has 1 heterocycles. The summed E-state index contributed by atoms with van der Waals surface area (Å²) in [6, 6.07) is 0.646. The molecule has 1 saturated heterocycles. The molecule has 1 aliphatic rings. The van der Waals surface area contributed by atoms with Gasteiger partial charge in [-0.3, -0.25) is 4.79 Å². The zero-order chi connectivity index (χ0) is 12.4. The van der Waals surface area contributed by atoms with Crippen LogP contribution in [0.3, 0.4) is 0 Å². The van der Waals surface area contributed by atoms with Crippen molar-refractivity contribution in [3.63, 3.8) is 0 Å². The van der Waals surface area contributed by atoms with Crippen molar-refractivity contribution in [1.82, 2.24) is 5.32 Å². The zero-order valence-electron chi connectivity index (χ0n) is 8.90. The maximum Gasteiger partial charge on any atom is 0.241 e. The number of carbonyl (C=O) groups excluding carboxylic acids is 1. The van der Waals surface area contributed by atoms with Crippen LogP contribution in [-0.2, 0) is 4.79 Å². The number of hydrogen-bond acceptors (Lipinski definition) is 2. The summed E-state index contributed by atoms with van der Waals surface area (Å²) in [5.74, 6) is -3.90. The summed E-state index contributed by atoms with van der Waals surface area (Å²) < 4.78 is 38.8. The van der Waals surface area contributed by atoms with E-state index in [0.29, 0.717) is 18.6 Å². The van der Waals surface area contributed by atoms with E-state index in [2.05, 4.69) is 10.6 Å². The molecule has 6 heteroatoms. The lowest BCUT2D eigenvalue weighted by atomic mass is 10.2. The van der Waals surface area contributed by atoms with Gasteiger partial charge in [0.1, 0.15) is 5.82 Å². The van der Waals surface area contributed by atoms with Crippen LogP contribution in [0, 0.1) is 17.5 Å². The Kier molecular flexibility index (Phi) is 3.33. The number of anilines is 1. The molecule has 0 radical (unpaired) electrons. The van der Waals surface area contributed by atoms with Crippen LogP contribution < -0.4 is 10.6 Å². The molecule has 1 fully saturated rings. The van der Waals surface area contributed by atoms with Gasteiger partial charge in [-0.1, -0.05) is 0 Å². The smallest absolute Gasteiger partial charge is 0.241 e. The average molecular weight is 244 g/mol. The van der Waals surface area contributed by atoms with Gasteiger partial charge in [-0.25, -0.2) is 13.2 Å². The first-order chi connectivity index (χ1) is 8.08. The molecule has 92 valence electrons. The van der Waals surface area contributed by atoms with Crippen LogP contribution >= 0.6 is 0 Å². The van der Waals surface area contributed by atoms with E-state index < -0.39 is 29.4 Å². The van der Waals surface area contributed by atoms with Gasteiger partial charge in [0.15, 0.2) is 11.6 Å². The number of benzene rings is 1. The topological polar surface area (TPSA) is 41.1 Å². The minimum absolute atomic E-state index is 0.345. The van der Waals surface area contributed by atoms with E-state index >= 15 is 0 Å². The van der Waals surface area contributed by atoms with Crippen LogP contribution in [0.2, 0.25) is 0 Å². The maximum absolute atomic E-state index is 13.2. The standard InChI is InChI=1S/C11H11F3N2O/c12-6-4-8(14)10(5-7(6)13)16-11(17)9-2-1-3-15-9/h4-5,9,15H,1-3H2,(H,16,17)/t9-/m0/s1. The SMILES string of the molecule is O=C(Nc1cc(F)c(F)cc1F)[C@@H]1CCCN1. The highest BCUT2D eigenvalue weighted by molar-refractivity contribution is 5.95. The molecule has 0 aliphatic carbocycles. The molecule has 3 nitrogen and oxygen atoms in total. The quantitative estimate of drug-likeness (QED) is 0.779. The Morgan fingerprint density at radius 1 is 1.24 bits per heavy atom. The zero-order valence-corrected chi connectivity index (χ0v) is 8.90. The second kappa shape index (κ2) is 4.75. The van der Waals surface area contributed by atoms with E-state index in [9.17, 15) is 18.0 Å². The summed E-state index contributed by atoms with van der Waals surface area (Å²) in [4.78, 5) is 11.6. The van der Waals surface area contributed by atoms with Crippen molar-refractivity contribution in [2.24, 2.45) is 0 Å². The number of amides is 1. The van der Waals surface area contributed by atoms with Gasteiger partial charge < -0.3 is 10.6 Å². The fraction of sp³-hybridized carbons (Fsp3) is 0.364. The van der Waals surface area contributed by atoms with Crippen molar-refractivity contribution < 1.29 is 18.0 Å². The van der Waals surface area contributed by atoms with Gasteiger partial charge in [-0.15, -0.1) is 0 Å². The number of hydrogen-bond donors (Lipinski definition) is 2. The lowest BCUT2D eigenvalue weighted by Gasteiger charge is -2.11. The molecule has 1 aromatic carbocycles. The van der Waals surface area contributed by atoms with Gasteiger partial charge in [0.25, 0.3) is 0 Å². The molecule has 2 N–H and O–H groups in total. The van der Waals surface area contributed by atoms with Crippen molar-refractivity contribution >= 4 is 11.6 Å². The van der Waals surface area contributed by atoms with Crippen LogP contribution in [0.25, 0.3) is 0 Å². The average Bonchev–Trinajstić information content (AvgIpc) is 2.79. The summed E-state index contributed by atoms with van der Waals surface area (Å²) in [6.07, 6.45) is 1.51.